The molecule has 0 bridgehead atoms. The Hall–Kier alpha value is -2.80. The van der Waals surface area contributed by atoms with Gasteiger partial charge in [-0.25, -0.2) is 9.59 Å². The average Bonchev–Trinajstić information content (AvgIpc) is 2.96. The summed E-state index contributed by atoms with van der Waals surface area (Å²) in [5, 5.41) is 0.372. The lowest BCUT2D eigenvalue weighted by atomic mass is 10.1. The van der Waals surface area contributed by atoms with Crippen LogP contribution in [0.15, 0.2) is 18.2 Å². The van der Waals surface area contributed by atoms with Gasteiger partial charge in [0.1, 0.15) is 5.75 Å². The third-order valence-corrected chi connectivity index (χ3v) is 4.59. The number of halogens is 1. The van der Waals surface area contributed by atoms with Gasteiger partial charge in [-0.1, -0.05) is 17.7 Å². The second-order valence-electron chi connectivity index (χ2n) is 6.56. The van der Waals surface area contributed by atoms with E-state index in [1.807, 2.05) is 13.0 Å². The molecule has 2 rings (SSSR count). The lowest BCUT2D eigenvalue weighted by molar-refractivity contribution is -0.148. The summed E-state index contributed by atoms with van der Waals surface area (Å²) in [6.07, 6.45) is -1.06. The van der Waals surface area contributed by atoms with Crippen molar-refractivity contribution in [2.75, 3.05) is 13.2 Å². The smallest absolute Gasteiger partial charge is 0.344 e. The fraction of sp³-hybridized carbons (Fsp3) is 0.381. The van der Waals surface area contributed by atoms with Crippen molar-refractivity contribution >= 4 is 29.3 Å². The third-order valence-electron chi connectivity index (χ3n) is 4.27. The number of hydrogen-bond donors (Lipinski definition) is 1. The normalized spacial score (nSPS) is 11.7. The Morgan fingerprint density at radius 1 is 1.17 bits per heavy atom. The van der Waals surface area contributed by atoms with Crippen molar-refractivity contribution in [2.24, 2.45) is 0 Å². The molecule has 0 saturated carbocycles. The molecule has 1 aromatic carbocycles. The first-order valence-electron chi connectivity index (χ1n) is 9.14. The zero-order valence-corrected chi connectivity index (χ0v) is 17.8. The molecule has 0 amide bonds. The molecule has 7 nitrogen and oxygen atoms in total. The first-order valence-corrected chi connectivity index (χ1v) is 9.52. The van der Waals surface area contributed by atoms with E-state index in [0.29, 0.717) is 27.6 Å². The Kier molecular flexibility index (Phi) is 7.45. The second kappa shape index (κ2) is 9.60. The molecular weight excluding hydrogens is 398 g/mol. The number of carbonyl (C=O) groups excluding carboxylic acids is 3. The predicted molar refractivity (Wildman–Crippen MR) is 108 cm³/mol. The Balaban J connectivity index is 2.03. The summed E-state index contributed by atoms with van der Waals surface area (Å²) < 4.78 is 15.6. The molecule has 156 valence electrons. The molecular formula is C21H24ClNO6. The largest absolute Gasteiger partial charge is 0.480 e. The van der Waals surface area contributed by atoms with Crippen LogP contribution in [0, 0.1) is 20.8 Å². The molecule has 0 radical (unpaired) electrons. The number of nitrogens with one attached hydrogen (secondary N) is 1. The Labute approximate surface area is 174 Å². The zero-order valence-electron chi connectivity index (χ0n) is 17.1. The molecule has 0 aliphatic carbocycles. The maximum atomic E-state index is 12.7. The highest BCUT2D eigenvalue weighted by atomic mass is 35.5. The van der Waals surface area contributed by atoms with Crippen LogP contribution in [0.5, 0.6) is 5.75 Å². The highest BCUT2D eigenvalue weighted by Gasteiger charge is 2.27. The van der Waals surface area contributed by atoms with E-state index in [1.54, 1.807) is 32.9 Å². The van der Waals surface area contributed by atoms with Crippen molar-refractivity contribution < 1.29 is 28.6 Å². The number of aromatic nitrogens is 1. The molecule has 0 spiro atoms. The van der Waals surface area contributed by atoms with Gasteiger partial charge >= 0.3 is 11.9 Å². The summed E-state index contributed by atoms with van der Waals surface area (Å²) in [4.78, 5) is 39.7. The van der Waals surface area contributed by atoms with E-state index in [2.05, 4.69) is 4.98 Å². The van der Waals surface area contributed by atoms with Crippen LogP contribution in [0.2, 0.25) is 5.02 Å². The summed E-state index contributed by atoms with van der Waals surface area (Å²) in [5.74, 6) is -1.32. The summed E-state index contributed by atoms with van der Waals surface area (Å²) >= 11 is 6.03. The molecule has 29 heavy (non-hydrogen) atoms. The number of ketones is 1. The van der Waals surface area contributed by atoms with E-state index in [9.17, 15) is 14.4 Å². The van der Waals surface area contributed by atoms with Crippen LogP contribution in [0.1, 0.15) is 51.5 Å². The molecule has 1 atom stereocenters. The Morgan fingerprint density at radius 3 is 2.52 bits per heavy atom. The van der Waals surface area contributed by atoms with Crippen LogP contribution in [0.25, 0.3) is 0 Å². The number of carbonyl (C=O) groups is 3. The molecule has 1 heterocycles. The van der Waals surface area contributed by atoms with Crippen molar-refractivity contribution in [3.05, 3.63) is 51.3 Å². The summed E-state index contributed by atoms with van der Waals surface area (Å²) in [6.45, 7) is 8.18. The summed E-state index contributed by atoms with van der Waals surface area (Å²) in [5.41, 5.74) is 2.41. The van der Waals surface area contributed by atoms with Crippen LogP contribution in [-0.2, 0) is 14.3 Å². The molecule has 8 heteroatoms. The van der Waals surface area contributed by atoms with Gasteiger partial charge in [0, 0.05) is 5.69 Å². The lowest BCUT2D eigenvalue weighted by Gasteiger charge is -2.13. The minimum absolute atomic E-state index is 0.202. The average molecular weight is 422 g/mol. The van der Waals surface area contributed by atoms with E-state index in [1.165, 1.54) is 6.92 Å². The van der Waals surface area contributed by atoms with Gasteiger partial charge in [-0.3, -0.25) is 4.79 Å². The molecule has 0 aliphatic heterocycles. The molecule has 1 N–H and O–H groups in total. The number of esters is 2. The van der Waals surface area contributed by atoms with Crippen LogP contribution in [0.4, 0.5) is 0 Å². The minimum atomic E-state index is -1.06. The van der Waals surface area contributed by atoms with Crippen molar-refractivity contribution in [1.29, 1.82) is 0 Å². The van der Waals surface area contributed by atoms with Gasteiger partial charge in [-0.15, -0.1) is 0 Å². The fourth-order valence-electron chi connectivity index (χ4n) is 2.85. The van der Waals surface area contributed by atoms with Crippen molar-refractivity contribution in [2.45, 2.75) is 40.7 Å². The molecule has 0 fully saturated rings. The molecule has 0 aliphatic rings. The number of hydrogen-bond acceptors (Lipinski definition) is 6. The van der Waals surface area contributed by atoms with Crippen LogP contribution < -0.4 is 4.74 Å². The minimum Gasteiger partial charge on any atom is -0.480 e. The van der Waals surface area contributed by atoms with Crippen molar-refractivity contribution in [3.63, 3.8) is 0 Å². The second-order valence-corrected chi connectivity index (χ2v) is 6.97. The van der Waals surface area contributed by atoms with E-state index >= 15 is 0 Å². The number of aryl methyl sites for hydroxylation is 2. The van der Waals surface area contributed by atoms with Crippen molar-refractivity contribution in [3.8, 4) is 5.75 Å². The van der Waals surface area contributed by atoms with Gasteiger partial charge in [0.25, 0.3) is 0 Å². The topological polar surface area (TPSA) is 94.7 Å². The zero-order chi connectivity index (χ0) is 21.7. The van der Waals surface area contributed by atoms with Gasteiger partial charge in [-0.2, -0.15) is 0 Å². The first kappa shape index (κ1) is 22.5. The highest BCUT2D eigenvalue weighted by molar-refractivity contribution is 6.32. The lowest BCUT2D eigenvalue weighted by Crippen LogP contribution is -2.28. The number of aromatic amines is 1. The molecule has 0 unspecified atom stereocenters. The number of ether oxygens (including phenoxy) is 3. The van der Waals surface area contributed by atoms with Gasteiger partial charge in [0.05, 0.1) is 22.9 Å². The highest BCUT2D eigenvalue weighted by Crippen LogP contribution is 2.25. The van der Waals surface area contributed by atoms with Gasteiger partial charge < -0.3 is 19.2 Å². The number of rotatable bonds is 8. The Bertz CT molecular complexity index is 933. The molecule has 0 saturated heterocycles. The summed E-state index contributed by atoms with van der Waals surface area (Å²) in [7, 11) is 0. The van der Waals surface area contributed by atoms with Crippen LogP contribution >= 0.6 is 11.6 Å². The SMILES string of the molecule is CCOC(=O)c1c(C)[nH]c(C(=O)[C@H](C)OC(=O)COc2cc(C)ccc2Cl)c1C. The molecule has 1 aromatic heterocycles. The van der Waals surface area contributed by atoms with E-state index in [-0.39, 0.29) is 12.3 Å². The third kappa shape index (κ3) is 5.38. The monoisotopic (exact) mass is 421 g/mol. The van der Waals surface area contributed by atoms with E-state index in [4.69, 9.17) is 25.8 Å². The van der Waals surface area contributed by atoms with Gasteiger partial charge in [0.15, 0.2) is 12.7 Å². The predicted octanol–water partition coefficient (Wildman–Crippen LogP) is 3.96. The number of Topliss-reactive ketones (excluding diaryl/α,β-unsaturated/α-hetero) is 1. The Morgan fingerprint density at radius 2 is 1.86 bits per heavy atom. The standard InChI is InChI=1S/C21H24ClNO6/c1-6-27-21(26)18-12(3)19(23-13(18)4)20(25)14(5)29-17(24)10-28-16-9-11(2)7-8-15(16)22/h7-9,14,23H,6,10H2,1-5H3/t14-/m0/s1. The quantitative estimate of drug-likeness (QED) is 0.512. The fourth-order valence-corrected chi connectivity index (χ4v) is 3.02. The first-order chi connectivity index (χ1) is 13.6. The summed E-state index contributed by atoms with van der Waals surface area (Å²) in [6, 6.07) is 5.19. The van der Waals surface area contributed by atoms with Crippen LogP contribution in [0.3, 0.4) is 0 Å². The maximum absolute atomic E-state index is 12.7. The van der Waals surface area contributed by atoms with Crippen LogP contribution in [-0.4, -0.2) is 42.0 Å². The number of H-pyrrole nitrogens is 1. The van der Waals surface area contributed by atoms with Gasteiger partial charge in [-0.05, 0) is 57.9 Å². The van der Waals surface area contributed by atoms with Gasteiger partial charge in [0.2, 0.25) is 5.78 Å². The number of benzene rings is 1. The van der Waals surface area contributed by atoms with E-state index < -0.39 is 30.4 Å². The van der Waals surface area contributed by atoms with Crippen molar-refractivity contribution in [1.82, 2.24) is 4.98 Å². The maximum Gasteiger partial charge on any atom is 0.344 e. The molecule has 2 aromatic rings. The van der Waals surface area contributed by atoms with E-state index in [0.717, 1.165) is 5.56 Å².